The van der Waals surface area contributed by atoms with Gasteiger partial charge in [0, 0.05) is 12.6 Å². The standard InChI is InChI=1S/C11H12N4OS/c1-7-5-8(3-4-9(7)10(12)17)16-11-13-6-15(2)14-11/h3-6H,1-2H3,(H2,12,17). The van der Waals surface area contributed by atoms with E-state index in [0.29, 0.717) is 16.7 Å². The highest BCUT2D eigenvalue weighted by molar-refractivity contribution is 7.80. The zero-order chi connectivity index (χ0) is 12.4. The molecular weight excluding hydrogens is 236 g/mol. The van der Waals surface area contributed by atoms with Crippen molar-refractivity contribution in [1.82, 2.24) is 14.8 Å². The van der Waals surface area contributed by atoms with E-state index in [1.54, 1.807) is 24.1 Å². The highest BCUT2D eigenvalue weighted by Crippen LogP contribution is 2.21. The summed E-state index contributed by atoms with van der Waals surface area (Å²) >= 11 is 4.93. The lowest BCUT2D eigenvalue weighted by molar-refractivity contribution is 0.438. The quantitative estimate of drug-likeness (QED) is 0.835. The van der Waals surface area contributed by atoms with E-state index >= 15 is 0 Å². The predicted octanol–water partition coefficient (Wildman–Crippen LogP) is 1.55. The van der Waals surface area contributed by atoms with E-state index in [-0.39, 0.29) is 0 Å². The number of rotatable bonds is 3. The van der Waals surface area contributed by atoms with Crippen molar-refractivity contribution in [1.29, 1.82) is 0 Å². The van der Waals surface area contributed by atoms with Crippen molar-refractivity contribution in [2.75, 3.05) is 0 Å². The highest BCUT2D eigenvalue weighted by Gasteiger charge is 2.06. The maximum atomic E-state index is 5.58. The molecule has 0 radical (unpaired) electrons. The smallest absolute Gasteiger partial charge is 0.340 e. The Morgan fingerprint density at radius 1 is 1.47 bits per heavy atom. The Morgan fingerprint density at radius 2 is 2.24 bits per heavy atom. The lowest BCUT2D eigenvalue weighted by Crippen LogP contribution is -2.10. The number of benzene rings is 1. The molecule has 0 aliphatic rings. The van der Waals surface area contributed by atoms with Crippen LogP contribution in [-0.4, -0.2) is 19.8 Å². The van der Waals surface area contributed by atoms with Gasteiger partial charge in [-0.3, -0.25) is 4.68 Å². The third-order valence-corrected chi connectivity index (χ3v) is 2.47. The molecule has 2 rings (SSSR count). The number of hydrogen-bond acceptors (Lipinski definition) is 4. The molecule has 0 unspecified atom stereocenters. The first kappa shape index (κ1) is 11.5. The van der Waals surface area contributed by atoms with E-state index in [2.05, 4.69) is 10.1 Å². The second kappa shape index (κ2) is 4.50. The first-order valence-electron chi connectivity index (χ1n) is 5.00. The second-order valence-corrected chi connectivity index (χ2v) is 4.08. The monoisotopic (exact) mass is 248 g/mol. The number of ether oxygens (including phenoxy) is 1. The van der Waals surface area contributed by atoms with E-state index < -0.39 is 0 Å². The van der Waals surface area contributed by atoms with Crippen LogP contribution < -0.4 is 10.5 Å². The van der Waals surface area contributed by atoms with Crippen LogP contribution in [0.3, 0.4) is 0 Å². The van der Waals surface area contributed by atoms with Gasteiger partial charge in [0.15, 0.2) is 0 Å². The van der Waals surface area contributed by atoms with Gasteiger partial charge in [-0.05, 0) is 30.7 Å². The van der Waals surface area contributed by atoms with Gasteiger partial charge >= 0.3 is 6.01 Å². The minimum absolute atomic E-state index is 0.315. The van der Waals surface area contributed by atoms with Crippen molar-refractivity contribution in [3.8, 4) is 11.8 Å². The SMILES string of the molecule is Cc1cc(Oc2ncn(C)n2)ccc1C(N)=S. The lowest BCUT2D eigenvalue weighted by Gasteiger charge is -2.06. The largest absolute Gasteiger partial charge is 0.423 e. The molecule has 2 N–H and O–H groups in total. The molecular formula is C11H12N4OS. The van der Waals surface area contributed by atoms with Crippen LogP contribution in [0, 0.1) is 6.92 Å². The summed E-state index contributed by atoms with van der Waals surface area (Å²) in [5, 5.41) is 4.03. The molecule has 0 amide bonds. The maximum Gasteiger partial charge on any atom is 0.340 e. The van der Waals surface area contributed by atoms with Crippen LogP contribution in [0.5, 0.6) is 11.8 Å². The molecule has 0 aliphatic carbocycles. The van der Waals surface area contributed by atoms with Gasteiger partial charge in [0.2, 0.25) is 0 Å². The molecule has 5 nitrogen and oxygen atoms in total. The Hall–Kier alpha value is -1.95. The van der Waals surface area contributed by atoms with Crippen molar-refractivity contribution in [2.24, 2.45) is 12.8 Å². The van der Waals surface area contributed by atoms with E-state index in [0.717, 1.165) is 11.1 Å². The third kappa shape index (κ3) is 2.59. The molecule has 1 aromatic carbocycles. The Morgan fingerprint density at radius 3 is 2.76 bits per heavy atom. The second-order valence-electron chi connectivity index (χ2n) is 3.64. The van der Waals surface area contributed by atoms with Crippen LogP contribution >= 0.6 is 12.2 Å². The number of thiocarbonyl (C=S) groups is 1. The molecule has 1 heterocycles. The van der Waals surface area contributed by atoms with Gasteiger partial charge < -0.3 is 10.5 Å². The summed E-state index contributed by atoms with van der Waals surface area (Å²) in [6.45, 7) is 1.92. The number of aromatic nitrogens is 3. The first-order valence-corrected chi connectivity index (χ1v) is 5.41. The van der Waals surface area contributed by atoms with Crippen molar-refractivity contribution < 1.29 is 4.74 Å². The Balaban J connectivity index is 2.23. The lowest BCUT2D eigenvalue weighted by atomic mass is 10.1. The maximum absolute atomic E-state index is 5.58. The summed E-state index contributed by atoms with van der Waals surface area (Å²) in [5.74, 6) is 0.661. The minimum atomic E-state index is 0.315. The summed E-state index contributed by atoms with van der Waals surface area (Å²) in [6.07, 6.45) is 1.57. The van der Waals surface area contributed by atoms with E-state index in [4.69, 9.17) is 22.7 Å². The Labute approximate surface area is 104 Å². The van der Waals surface area contributed by atoms with Crippen LogP contribution in [0.2, 0.25) is 0 Å². The summed E-state index contributed by atoms with van der Waals surface area (Å²) in [6, 6.07) is 5.79. The molecule has 0 aliphatic heterocycles. The molecule has 0 saturated carbocycles. The highest BCUT2D eigenvalue weighted by atomic mass is 32.1. The van der Waals surface area contributed by atoms with Crippen LogP contribution in [0.1, 0.15) is 11.1 Å². The van der Waals surface area contributed by atoms with Crippen molar-refractivity contribution in [3.63, 3.8) is 0 Å². The van der Waals surface area contributed by atoms with Crippen LogP contribution in [0.15, 0.2) is 24.5 Å². The molecule has 0 saturated heterocycles. The molecule has 6 heteroatoms. The predicted molar refractivity (Wildman–Crippen MR) is 68.1 cm³/mol. The van der Waals surface area contributed by atoms with Gasteiger partial charge in [0.25, 0.3) is 0 Å². The van der Waals surface area contributed by atoms with Crippen molar-refractivity contribution in [3.05, 3.63) is 35.7 Å². The molecule has 0 fully saturated rings. The molecule has 2 aromatic rings. The summed E-state index contributed by atoms with van der Waals surface area (Å²) in [7, 11) is 1.78. The van der Waals surface area contributed by atoms with Gasteiger partial charge in [-0.25, -0.2) is 0 Å². The summed E-state index contributed by atoms with van der Waals surface area (Å²) in [5.41, 5.74) is 7.40. The van der Waals surface area contributed by atoms with Crippen LogP contribution in [0.25, 0.3) is 0 Å². The van der Waals surface area contributed by atoms with Crippen molar-refractivity contribution in [2.45, 2.75) is 6.92 Å². The van der Waals surface area contributed by atoms with Gasteiger partial charge in [-0.2, -0.15) is 4.98 Å². The average molecular weight is 248 g/mol. The van der Waals surface area contributed by atoms with Gasteiger partial charge in [-0.15, -0.1) is 5.10 Å². The van der Waals surface area contributed by atoms with Crippen LogP contribution in [0.4, 0.5) is 0 Å². The number of nitrogens with zero attached hydrogens (tertiary/aromatic N) is 3. The van der Waals surface area contributed by atoms with E-state index in [1.165, 1.54) is 0 Å². The zero-order valence-corrected chi connectivity index (χ0v) is 10.4. The molecule has 17 heavy (non-hydrogen) atoms. The molecule has 0 spiro atoms. The van der Waals surface area contributed by atoms with Gasteiger partial charge in [0.05, 0.1) is 0 Å². The fourth-order valence-corrected chi connectivity index (χ4v) is 1.68. The van der Waals surface area contributed by atoms with Gasteiger partial charge in [0.1, 0.15) is 17.1 Å². The Bertz CT molecular complexity index is 564. The normalized spacial score (nSPS) is 10.2. The summed E-state index contributed by atoms with van der Waals surface area (Å²) < 4.78 is 7.06. The minimum Gasteiger partial charge on any atom is -0.423 e. The molecule has 88 valence electrons. The van der Waals surface area contributed by atoms with Crippen LogP contribution in [-0.2, 0) is 7.05 Å². The average Bonchev–Trinajstić information content (AvgIpc) is 2.63. The number of aryl methyl sites for hydroxylation is 2. The van der Waals surface area contributed by atoms with E-state index in [9.17, 15) is 0 Å². The van der Waals surface area contributed by atoms with E-state index in [1.807, 2.05) is 19.1 Å². The summed E-state index contributed by atoms with van der Waals surface area (Å²) in [4.78, 5) is 4.36. The molecule has 0 bridgehead atoms. The third-order valence-electron chi connectivity index (χ3n) is 2.25. The topological polar surface area (TPSA) is 66.0 Å². The number of hydrogen-bond donors (Lipinski definition) is 1. The fraction of sp³-hybridized carbons (Fsp3) is 0.182. The first-order chi connectivity index (χ1) is 8.06. The Kier molecular flexibility index (Phi) is 3.06. The molecule has 1 aromatic heterocycles. The zero-order valence-electron chi connectivity index (χ0n) is 9.54. The van der Waals surface area contributed by atoms with Gasteiger partial charge in [-0.1, -0.05) is 12.2 Å². The van der Waals surface area contributed by atoms with Crippen molar-refractivity contribution >= 4 is 17.2 Å². The fourth-order valence-electron chi connectivity index (χ4n) is 1.45. The number of nitrogens with two attached hydrogens (primary N) is 1. The molecule has 0 atom stereocenters.